The van der Waals surface area contributed by atoms with Gasteiger partial charge in [0.15, 0.2) is 11.8 Å². The van der Waals surface area contributed by atoms with E-state index in [1.165, 1.54) is 0 Å². The second kappa shape index (κ2) is 8.53. The zero-order valence-corrected chi connectivity index (χ0v) is 13.7. The lowest BCUT2D eigenvalue weighted by Gasteiger charge is -2.17. The fraction of sp³-hybridized carbons (Fsp3) is 0.667. The van der Waals surface area contributed by atoms with E-state index in [4.69, 9.17) is 4.74 Å². The molecule has 1 aliphatic carbocycles. The second-order valence-electron chi connectivity index (χ2n) is 5.44. The van der Waals surface area contributed by atoms with E-state index in [1.807, 2.05) is 18.5 Å². The first kappa shape index (κ1) is 16.5. The predicted octanol–water partition coefficient (Wildman–Crippen LogP) is 0.914. The highest BCUT2D eigenvalue weighted by atomic mass is 16.5. The van der Waals surface area contributed by atoms with E-state index in [-0.39, 0.29) is 0 Å². The molecule has 1 aliphatic rings. The van der Waals surface area contributed by atoms with E-state index >= 15 is 0 Å². The maximum absolute atomic E-state index is 5.07. The molecule has 0 radical (unpaired) electrons. The second-order valence-corrected chi connectivity index (χ2v) is 5.44. The maximum Gasteiger partial charge on any atom is 0.191 e. The van der Waals surface area contributed by atoms with Crippen LogP contribution in [0.4, 0.5) is 0 Å². The fourth-order valence-electron chi connectivity index (χ4n) is 2.24. The van der Waals surface area contributed by atoms with Crippen LogP contribution in [0, 0.1) is 6.92 Å². The van der Waals surface area contributed by atoms with Gasteiger partial charge in [-0.15, -0.1) is 10.2 Å². The molecule has 0 atom stereocenters. The molecule has 0 saturated heterocycles. The van der Waals surface area contributed by atoms with Crippen LogP contribution >= 0.6 is 0 Å². The molecule has 1 aromatic heterocycles. The van der Waals surface area contributed by atoms with Gasteiger partial charge < -0.3 is 19.9 Å². The summed E-state index contributed by atoms with van der Waals surface area (Å²) < 4.78 is 7.03. The van der Waals surface area contributed by atoms with Gasteiger partial charge in [0.05, 0.1) is 0 Å². The number of hydrogen-bond acceptors (Lipinski definition) is 4. The van der Waals surface area contributed by atoms with Crippen molar-refractivity contribution in [3.63, 3.8) is 0 Å². The van der Waals surface area contributed by atoms with Gasteiger partial charge in [-0.3, -0.25) is 0 Å². The first-order valence-electron chi connectivity index (χ1n) is 7.74. The van der Waals surface area contributed by atoms with Gasteiger partial charge in [0, 0.05) is 33.4 Å². The number of aryl methyl sites for hydroxylation is 1. The van der Waals surface area contributed by atoms with Crippen molar-refractivity contribution in [1.82, 2.24) is 25.4 Å². The van der Waals surface area contributed by atoms with Crippen molar-refractivity contribution in [1.29, 1.82) is 0 Å². The molecule has 1 aromatic rings. The Balaban J connectivity index is 1.92. The molecular weight excluding hydrogens is 280 g/mol. The maximum atomic E-state index is 5.07. The highest BCUT2D eigenvalue weighted by molar-refractivity contribution is 5.80. The quantitative estimate of drug-likeness (QED) is 0.339. The molecule has 122 valence electrons. The van der Waals surface area contributed by atoms with E-state index < -0.39 is 0 Å². The molecule has 22 heavy (non-hydrogen) atoms. The molecule has 7 nitrogen and oxygen atoms in total. The molecule has 1 heterocycles. The number of aliphatic imine (C=N–C) groups is 1. The van der Waals surface area contributed by atoms with Crippen LogP contribution in [0.3, 0.4) is 0 Å². The van der Waals surface area contributed by atoms with Crippen LogP contribution in [0.5, 0.6) is 0 Å². The number of methoxy groups -OCH3 is 1. The summed E-state index contributed by atoms with van der Waals surface area (Å²) in [5, 5.41) is 15.0. The SMILES string of the molecule is COCCCNC(=NCc1nnc(C)n1C)NC1CC=CC1. The van der Waals surface area contributed by atoms with E-state index in [0.29, 0.717) is 12.6 Å². The molecule has 0 spiro atoms. The number of rotatable bonds is 7. The van der Waals surface area contributed by atoms with Gasteiger partial charge in [-0.05, 0) is 26.2 Å². The Labute approximate surface area is 131 Å². The number of hydrogen-bond donors (Lipinski definition) is 2. The average molecular weight is 306 g/mol. The third-order valence-corrected chi connectivity index (χ3v) is 3.73. The minimum absolute atomic E-state index is 0.426. The third kappa shape index (κ3) is 4.84. The third-order valence-electron chi connectivity index (χ3n) is 3.73. The highest BCUT2D eigenvalue weighted by Gasteiger charge is 2.12. The lowest BCUT2D eigenvalue weighted by Crippen LogP contribution is -2.43. The summed E-state index contributed by atoms with van der Waals surface area (Å²) in [6.07, 6.45) is 7.44. The highest BCUT2D eigenvalue weighted by Crippen LogP contribution is 2.09. The Hall–Kier alpha value is -1.89. The van der Waals surface area contributed by atoms with E-state index in [1.54, 1.807) is 7.11 Å². The van der Waals surface area contributed by atoms with Gasteiger partial charge in [-0.2, -0.15) is 0 Å². The van der Waals surface area contributed by atoms with Gasteiger partial charge in [0.2, 0.25) is 0 Å². The minimum Gasteiger partial charge on any atom is -0.385 e. The van der Waals surface area contributed by atoms with E-state index in [9.17, 15) is 0 Å². The molecule has 0 bridgehead atoms. The van der Waals surface area contributed by atoms with Crippen LogP contribution in [0.2, 0.25) is 0 Å². The van der Waals surface area contributed by atoms with Gasteiger partial charge in [0.1, 0.15) is 12.4 Å². The lowest BCUT2D eigenvalue weighted by molar-refractivity contribution is 0.195. The monoisotopic (exact) mass is 306 g/mol. The van der Waals surface area contributed by atoms with Gasteiger partial charge >= 0.3 is 0 Å². The molecule has 0 unspecified atom stereocenters. The molecular formula is C15H26N6O. The van der Waals surface area contributed by atoms with Gasteiger partial charge in [-0.25, -0.2) is 4.99 Å². The zero-order valence-electron chi connectivity index (χ0n) is 13.7. The van der Waals surface area contributed by atoms with Crippen molar-refractivity contribution in [3.8, 4) is 0 Å². The number of nitrogens with zero attached hydrogens (tertiary/aromatic N) is 4. The Bertz CT molecular complexity index is 514. The summed E-state index contributed by atoms with van der Waals surface area (Å²) >= 11 is 0. The largest absolute Gasteiger partial charge is 0.385 e. The van der Waals surface area contributed by atoms with Crippen molar-refractivity contribution in [2.75, 3.05) is 20.3 Å². The summed E-state index contributed by atoms with van der Waals surface area (Å²) in [6.45, 7) is 4.02. The molecule has 2 rings (SSSR count). The summed E-state index contributed by atoms with van der Waals surface area (Å²) in [5.74, 6) is 2.58. The number of aromatic nitrogens is 3. The molecule has 2 N–H and O–H groups in total. The van der Waals surface area contributed by atoms with Gasteiger partial charge in [0.25, 0.3) is 0 Å². The topological polar surface area (TPSA) is 76.4 Å². The molecule has 0 amide bonds. The van der Waals surface area contributed by atoms with E-state index in [0.717, 1.165) is 50.0 Å². The van der Waals surface area contributed by atoms with Crippen molar-refractivity contribution < 1.29 is 4.74 Å². The van der Waals surface area contributed by atoms with Crippen molar-refractivity contribution >= 4 is 5.96 Å². The lowest BCUT2D eigenvalue weighted by atomic mass is 10.2. The molecule has 0 saturated carbocycles. The van der Waals surface area contributed by atoms with Crippen molar-refractivity contribution in [2.24, 2.45) is 12.0 Å². The van der Waals surface area contributed by atoms with Crippen LogP contribution in [0.1, 0.15) is 30.9 Å². The first-order valence-corrected chi connectivity index (χ1v) is 7.74. The summed E-state index contributed by atoms with van der Waals surface area (Å²) in [7, 11) is 3.67. The molecule has 0 aromatic carbocycles. The van der Waals surface area contributed by atoms with Crippen LogP contribution < -0.4 is 10.6 Å². The number of nitrogens with one attached hydrogen (secondary N) is 2. The molecule has 0 fully saturated rings. The Morgan fingerprint density at radius 2 is 2.18 bits per heavy atom. The Kier molecular flexibility index (Phi) is 6.39. The first-order chi connectivity index (χ1) is 10.7. The summed E-state index contributed by atoms with van der Waals surface area (Å²) in [4.78, 5) is 4.63. The minimum atomic E-state index is 0.426. The van der Waals surface area contributed by atoms with Crippen molar-refractivity contribution in [3.05, 3.63) is 23.8 Å². The van der Waals surface area contributed by atoms with Crippen LogP contribution in [-0.2, 0) is 18.3 Å². The zero-order chi connectivity index (χ0) is 15.8. The van der Waals surface area contributed by atoms with Crippen LogP contribution in [0.15, 0.2) is 17.1 Å². The standard InChI is InChI=1S/C15H26N6O/c1-12-19-20-14(21(12)2)11-17-15(16-9-6-10-22-3)18-13-7-4-5-8-13/h4-5,13H,6-11H2,1-3H3,(H2,16,17,18). The van der Waals surface area contributed by atoms with Gasteiger partial charge in [-0.1, -0.05) is 12.2 Å². The van der Waals surface area contributed by atoms with E-state index in [2.05, 4.69) is 38.0 Å². The summed E-state index contributed by atoms with van der Waals surface area (Å²) in [6, 6.07) is 0.426. The Morgan fingerprint density at radius 3 is 2.82 bits per heavy atom. The number of guanidine groups is 1. The number of ether oxygens (including phenoxy) is 1. The Morgan fingerprint density at radius 1 is 1.41 bits per heavy atom. The summed E-state index contributed by atoms with van der Waals surface area (Å²) in [5.41, 5.74) is 0. The van der Waals surface area contributed by atoms with Crippen LogP contribution in [0.25, 0.3) is 0 Å². The average Bonchev–Trinajstić information content (AvgIpc) is 3.13. The van der Waals surface area contributed by atoms with Crippen LogP contribution in [-0.4, -0.2) is 47.0 Å². The normalized spacial score (nSPS) is 15.5. The fourth-order valence-corrected chi connectivity index (χ4v) is 2.24. The predicted molar refractivity (Wildman–Crippen MR) is 86.7 cm³/mol. The molecule has 0 aliphatic heterocycles. The molecule has 7 heteroatoms. The van der Waals surface area contributed by atoms with Crippen molar-refractivity contribution in [2.45, 2.75) is 38.8 Å². The smallest absolute Gasteiger partial charge is 0.191 e.